The highest BCUT2D eigenvalue weighted by molar-refractivity contribution is 7.98. The van der Waals surface area contributed by atoms with Gasteiger partial charge in [0.1, 0.15) is 10.6 Å². The average Bonchev–Trinajstić information content (AvgIpc) is 3.26. The molecule has 0 radical (unpaired) electrons. The van der Waals surface area contributed by atoms with Gasteiger partial charge in [-0.2, -0.15) is 0 Å². The Kier molecular flexibility index (Phi) is 7.01. The number of carbonyl (C=O) groups is 2. The Morgan fingerprint density at radius 3 is 2.48 bits per heavy atom. The molecule has 1 heterocycles. The molecule has 0 saturated carbocycles. The fourth-order valence-electron chi connectivity index (χ4n) is 3.35. The molecule has 7 heteroatoms. The molecule has 0 bridgehead atoms. The second kappa shape index (κ2) is 10.1. The monoisotopic (exact) mass is 477 g/mol. The summed E-state index contributed by atoms with van der Waals surface area (Å²) in [5.74, 6) is 0.865. The van der Waals surface area contributed by atoms with Crippen LogP contribution in [-0.2, 0) is 10.5 Å². The molecule has 33 heavy (non-hydrogen) atoms. The van der Waals surface area contributed by atoms with Crippen LogP contribution in [0.2, 0.25) is 0 Å². The fourth-order valence-corrected chi connectivity index (χ4v) is 5.19. The molecule has 1 N–H and O–H groups in total. The Balaban J connectivity index is 1.51. The van der Waals surface area contributed by atoms with Crippen LogP contribution in [0.15, 0.2) is 71.6 Å². The first-order valence-corrected chi connectivity index (χ1v) is 12.1. The zero-order chi connectivity index (χ0) is 23.4. The maximum Gasteiger partial charge on any atom is 0.348 e. The summed E-state index contributed by atoms with van der Waals surface area (Å²) in [6.07, 6.45) is 0. The lowest BCUT2D eigenvalue weighted by Crippen LogP contribution is -2.12. The summed E-state index contributed by atoms with van der Waals surface area (Å²) in [5.41, 5.74) is 3.38. The zero-order valence-electron chi connectivity index (χ0n) is 18.5. The largest absolute Gasteiger partial charge is 0.496 e. The zero-order valence-corrected chi connectivity index (χ0v) is 20.1. The lowest BCUT2D eigenvalue weighted by atomic mass is 10.1. The predicted molar refractivity (Wildman–Crippen MR) is 135 cm³/mol. The van der Waals surface area contributed by atoms with Crippen LogP contribution >= 0.6 is 23.1 Å². The fraction of sp³-hybridized carbons (Fsp3) is 0.154. The molecule has 168 valence electrons. The van der Waals surface area contributed by atoms with Gasteiger partial charge in [-0.25, -0.2) is 4.79 Å². The molecule has 4 aromatic rings. The van der Waals surface area contributed by atoms with Crippen LogP contribution in [0.5, 0.6) is 5.75 Å². The van der Waals surface area contributed by atoms with E-state index < -0.39 is 0 Å². The first kappa shape index (κ1) is 22.9. The highest BCUT2D eigenvalue weighted by atomic mass is 32.2. The highest BCUT2D eigenvalue weighted by Crippen LogP contribution is 2.31. The number of ether oxygens (including phenoxy) is 2. The summed E-state index contributed by atoms with van der Waals surface area (Å²) in [6.45, 7) is 2.06. The van der Waals surface area contributed by atoms with Gasteiger partial charge in [0.25, 0.3) is 5.91 Å². The normalized spacial score (nSPS) is 10.8. The molecule has 0 atom stereocenters. The van der Waals surface area contributed by atoms with Crippen molar-refractivity contribution in [2.24, 2.45) is 0 Å². The standard InChI is InChI=1S/C26H23NO4S2/c1-16-4-8-21(9-5-16)32-15-19-12-17(6-10-22(19)30-2)25(28)27-20-7-11-23-18(13-20)14-24(33-23)26(29)31-3/h4-14H,15H2,1-3H3,(H,27,28). The number of hydrogen-bond acceptors (Lipinski definition) is 6. The number of methoxy groups -OCH3 is 2. The number of thiophene rings is 1. The van der Waals surface area contributed by atoms with Crippen molar-refractivity contribution in [1.82, 2.24) is 0 Å². The highest BCUT2D eigenvalue weighted by Gasteiger charge is 2.14. The van der Waals surface area contributed by atoms with Crippen LogP contribution in [0.1, 0.15) is 31.2 Å². The van der Waals surface area contributed by atoms with Gasteiger partial charge >= 0.3 is 5.97 Å². The van der Waals surface area contributed by atoms with Crippen molar-refractivity contribution in [2.75, 3.05) is 19.5 Å². The van der Waals surface area contributed by atoms with Gasteiger partial charge in [-0.3, -0.25) is 4.79 Å². The molecule has 3 aromatic carbocycles. The van der Waals surface area contributed by atoms with Crippen molar-refractivity contribution in [3.63, 3.8) is 0 Å². The summed E-state index contributed by atoms with van der Waals surface area (Å²) in [5, 5.41) is 3.83. The van der Waals surface area contributed by atoms with Gasteiger partial charge in [0, 0.05) is 32.2 Å². The maximum absolute atomic E-state index is 12.9. The van der Waals surface area contributed by atoms with E-state index in [1.807, 2.05) is 30.3 Å². The second-order valence-corrected chi connectivity index (χ2v) is 9.57. The number of hydrogen-bond donors (Lipinski definition) is 1. The molecule has 1 aromatic heterocycles. The minimum Gasteiger partial charge on any atom is -0.496 e. The van der Waals surface area contributed by atoms with E-state index >= 15 is 0 Å². The van der Waals surface area contributed by atoms with Gasteiger partial charge in [0.2, 0.25) is 0 Å². The summed E-state index contributed by atoms with van der Waals surface area (Å²) in [4.78, 5) is 26.4. The number of rotatable bonds is 7. The molecule has 0 spiro atoms. The SMILES string of the molecule is COC(=O)c1cc2cc(NC(=O)c3ccc(OC)c(CSc4ccc(C)cc4)c3)ccc2s1. The predicted octanol–water partition coefficient (Wildman–Crippen LogP) is 6.55. The van der Waals surface area contributed by atoms with E-state index in [0.29, 0.717) is 21.9 Å². The van der Waals surface area contributed by atoms with Crippen LogP contribution in [0.25, 0.3) is 10.1 Å². The van der Waals surface area contributed by atoms with Gasteiger partial charge in [-0.1, -0.05) is 17.7 Å². The number of nitrogens with one attached hydrogen (secondary N) is 1. The van der Waals surface area contributed by atoms with Gasteiger partial charge in [0.15, 0.2) is 0 Å². The van der Waals surface area contributed by atoms with Gasteiger partial charge in [-0.05, 0) is 66.9 Å². The third-order valence-corrected chi connectivity index (χ3v) is 7.28. The van der Waals surface area contributed by atoms with Crippen LogP contribution in [0, 0.1) is 6.92 Å². The first-order valence-electron chi connectivity index (χ1n) is 10.3. The summed E-state index contributed by atoms with van der Waals surface area (Å²) in [6, 6.07) is 21.2. The maximum atomic E-state index is 12.9. The third-order valence-electron chi connectivity index (χ3n) is 5.12. The summed E-state index contributed by atoms with van der Waals surface area (Å²) in [7, 11) is 2.99. The Morgan fingerprint density at radius 1 is 0.970 bits per heavy atom. The first-order chi connectivity index (χ1) is 16.0. The quantitative estimate of drug-likeness (QED) is 0.242. The summed E-state index contributed by atoms with van der Waals surface area (Å²) < 4.78 is 11.2. The number of thioether (sulfide) groups is 1. The van der Waals surface area contributed by atoms with E-state index in [-0.39, 0.29) is 11.9 Å². The van der Waals surface area contributed by atoms with Gasteiger partial charge < -0.3 is 14.8 Å². The average molecular weight is 478 g/mol. The molecule has 1 amide bonds. The molecular formula is C26H23NO4S2. The number of anilines is 1. The number of amides is 1. The topological polar surface area (TPSA) is 64.6 Å². The minimum absolute atomic E-state index is 0.206. The Hall–Kier alpha value is -3.29. The number of fused-ring (bicyclic) bond motifs is 1. The van der Waals surface area contributed by atoms with Gasteiger partial charge in [-0.15, -0.1) is 23.1 Å². The summed E-state index contributed by atoms with van der Waals surface area (Å²) >= 11 is 3.06. The smallest absolute Gasteiger partial charge is 0.348 e. The van der Waals surface area contributed by atoms with Crippen LogP contribution < -0.4 is 10.1 Å². The second-order valence-electron chi connectivity index (χ2n) is 7.44. The molecular weight excluding hydrogens is 454 g/mol. The molecule has 0 fully saturated rings. The third kappa shape index (κ3) is 5.38. The molecule has 0 unspecified atom stereocenters. The number of benzene rings is 3. The van der Waals surface area contributed by atoms with Gasteiger partial charge in [0.05, 0.1) is 14.2 Å². The molecule has 0 aliphatic carbocycles. The molecule has 4 rings (SSSR count). The lowest BCUT2D eigenvalue weighted by Gasteiger charge is -2.11. The minimum atomic E-state index is -0.365. The van der Waals surface area contributed by atoms with E-state index in [9.17, 15) is 9.59 Å². The van der Waals surface area contributed by atoms with E-state index in [4.69, 9.17) is 9.47 Å². The van der Waals surface area contributed by atoms with E-state index in [1.165, 1.54) is 24.0 Å². The van der Waals surface area contributed by atoms with Crippen molar-refractivity contribution >= 4 is 50.7 Å². The van der Waals surface area contributed by atoms with Crippen LogP contribution in [-0.4, -0.2) is 26.1 Å². The van der Waals surface area contributed by atoms with E-state index in [0.717, 1.165) is 26.3 Å². The molecule has 0 aliphatic rings. The Bertz CT molecular complexity index is 1310. The lowest BCUT2D eigenvalue weighted by molar-refractivity contribution is 0.0606. The number of carbonyl (C=O) groups excluding carboxylic acids is 2. The van der Waals surface area contributed by atoms with Crippen molar-refractivity contribution < 1.29 is 19.1 Å². The van der Waals surface area contributed by atoms with Crippen molar-refractivity contribution in [3.05, 3.63) is 88.3 Å². The molecule has 5 nitrogen and oxygen atoms in total. The molecule has 0 aliphatic heterocycles. The Morgan fingerprint density at radius 2 is 1.76 bits per heavy atom. The van der Waals surface area contributed by atoms with Crippen LogP contribution in [0.4, 0.5) is 5.69 Å². The number of esters is 1. The molecule has 0 saturated heterocycles. The van der Waals surface area contributed by atoms with Crippen LogP contribution in [0.3, 0.4) is 0 Å². The number of aryl methyl sites for hydroxylation is 1. The van der Waals surface area contributed by atoms with Crippen molar-refractivity contribution in [3.8, 4) is 5.75 Å². The van der Waals surface area contributed by atoms with E-state index in [1.54, 1.807) is 31.0 Å². The van der Waals surface area contributed by atoms with E-state index in [2.05, 4.69) is 36.5 Å². The van der Waals surface area contributed by atoms with Crippen molar-refractivity contribution in [2.45, 2.75) is 17.6 Å². The Labute approximate surface area is 200 Å². The van der Waals surface area contributed by atoms with Crippen molar-refractivity contribution in [1.29, 1.82) is 0 Å².